The normalized spacial score (nSPS) is 12.7. The molecule has 0 fully saturated rings. The fraction of sp³-hybridized carbons (Fsp3) is 0.429. The molecule has 0 aliphatic carbocycles. The molecule has 1 unspecified atom stereocenters. The Balaban J connectivity index is 2.30. The van der Waals surface area contributed by atoms with E-state index in [2.05, 4.69) is 43.2 Å². The van der Waals surface area contributed by atoms with Crippen LogP contribution in [0.4, 0.5) is 0 Å². The predicted octanol–water partition coefficient (Wildman–Crippen LogP) is 3.41. The van der Waals surface area contributed by atoms with Crippen LogP contribution in [-0.4, -0.2) is 25.0 Å². The molecule has 0 saturated carbocycles. The zero-order valence-electron chi connectivity index (χ0n) is 10.7. The van der Waals surface area contributed by atoms with E-state index >= 15 is 0 Å². The molecule has 0 heterocycles. The average molecular weight is 264 g/mol. The monoisotopic (exact) mass is 264 g/mol. The Bertz CT molecular complexity index is 386. The van der Waals surface area contributed by atoms with Crippen LogP contribution in [0.25, 0.3) is 0 Å². The molecule has 0 radical (unpaired) electrons. The van der Waals surface area contributed by atoms with E-state index < -0.39 is 8.07 Å². The molecule has 17 heavy (non-hydrogen) atoms. The molecule has 0 bridgehead atoms. The Morgan fingerprint density at radius 2 is 1.88 bits per heavy atom. The van der Waals surface area contributed by atoms with Gasteiger partial charge >= 0.3 is 0 Å². The van der Waals surface area contributed by atoms with Gasteiger partial charge in [0.05, 0.1) is 6.10 Å². The Morgan fingerprint density at radius 1 is 1.24 bits per heavy atom. The first kappa shape index (κ1) is 14.4. The van der Waals surface area contributed by atoms with Crippen LogP contribution < -0.4 is 0 Å². The Morgan fingerprint density at radius 3 is 2.47 bits per heavy atom. The van der Waals surface area contributed by atoms with Crippen LogP contribution in [-0.2, 0) is 0 Å². The van der Waals surface area contributed by atoms with E-state index in [1.165, 1.54) is 4.90 Å². The summed E-state index contributed by atoms with van der Waals surface area (Å²) >= 11 is 1.68. The minimum atomic E-state index is -1.29. The summed E-state index contributed by atoms with van der Waals surface area (Å²) in [5.74, 6) is 3.82. The Kier molecular flexibility index (Phi) is 5.83. The van der Waals surface area contributed by atoms with Gasteiger partial charge in [-0.2, -0.15) is 0 Å². The highest BCUT2D eigenvalue weighted by molar-refractivity contribution is 7.99. The van der Waals surface area contributed by atoms with Crippen molar-refractivity contribution in [2.75, 3.05) is 5.75 Å². The van der Waals surface area contributed by atoms with Crippen molar-refractivity contribution >= 4 is 19.8 Å². The molecule has 0 aliphatic rings. The summed E-state index contributed by atoms with van der Waals surface area (Å²) in [6.45, 7) is 6.64. The minimum Gasteiger partial charge on any atom is -0.391 e. The second kappa shape index (κ2) is 6.90. The second-order valence-electron chi connectivity index (χ2n) is 5.03. The molecule has 0 aliphatic heterocycles. The third-order valence-corrected chi connectivity index (χ3v) is 4.07. The van der Waals surface area contributed by atoms with Crippen LogP contribution in [0.3, 0.4) is 0 Å². The summed E-state index contributed by atoms with van der Waals surface area (Å²) in [6.07, 6.45) is 0.258. The van der Waals surface area contributed by atoms with Crippen LogP contribution in [0.5, 0.6) is 0 Å². The smallest absolute Gasteiger partial charge is 0.129 e. The largest absolute Gasteiger partial charge is 0.391 e. The van der Waals surface area contributed by atoms with Crippen molar-refractivity contribution in [2.45, 2.75) is 37.1 Å². The lowest BCUT2D eigenvalue weighted by Crippen LogP contribution is -2.17. The molecule has 92 valence electrons. The van der Waals surface area contributed by atoms with Gasteiger partial charge in [0.2, 0.25) is 0 Å². The third kappa shape index (κ3) is 7.27. The number of hydrogen-bond acceptors (Lipinski definition) is 2. The molecule has 0 saturated heterocycles. The highest BCUT2D eigenvalue weighted by Crippen LogP contribution is 2.18. The number of rotatable bonds is 4. The van der Waals surface area contributed by atoms with Crippen LogP contribution in [0, 0.1) is 11.5 Å². The van der Waals surface area contributed by atoms with E-state index in [9.17, 15) is 5.11 Å². The molecule has 0 spiro atoms. The summed E-state index contributed by atoms with van der Waals surface area (Å²) in [7, 11) is -1.29. The zero-order valence-corrected chi connectivity index (χ0v) is 12.6. The lowest BCUT2D eigenvalue weighted by Gasteiger charge is -2.07. The van der Waals surface area contributed by atoms with E-state index in [1.54, 1.807) is 11.8 Å². The van der Waals surface area contributed by atoms with Crippen molar-refractivity contribution in [3.63, 3.8) is 0 Å². The second-order valence-corrected chi connectivity index (χ2v) is 10.9. The summed E-state index contributed by atoms with van der Waals surface area (Å²) < 4.78 is 0. The maximum atomic E-state index is 9.80. The Labute approximate surface area is 110 Å². The van der Waals surface area contributed by atoms with Gasteiger partial charge in [-0.15, -0.1) is 23.2 Å². The summed E-state index contributed by atoms with van der Waals surface area (Å²) in [5.41, 5.74) is 3.27. The highest BCUT2D eigenvalue weighted by Gasteiger charge is 2.08. The molecule has 3 heteroatoms. The zero-order chi connectivity index (χ0) is 12.7. The maximum Gasteiger partial charge on any atom is 0.129 e. The molecule has 1 rings (SSSR count). The number of benzene rings is 1. The van der Waals surface area contributed by atoms with Crippen LogP contribution in [0.2, 0.25) is 19.6 Å². The topological polar surface area (TPSA) is 20.2 Å². The molecule has 0 aromatic heterocycles. The fourth-order valence-corrected chi connectivity index (χ4v) is 2.69. The first-order valence-corrected chi connectivity index (χ1v) is 10.3. The lowest BCUT2D eigenvalue weighted by atomic mass is 10.3. The van der Waals surface area contributed by atoms with Gasteiger partial charge in [-0.3, -0.25) is 0 Å². The van der Waals surface area contributed by atoms with E-state index in [0.29, 0.717) is 12.2 Å². The van der Waals surface area contributed by atoms with Crippen LogP contribution >= 0.6 is 11.8 Å². The van der Waals surface area contributed by atoms with Crippen molar-refractivity contribution in [1.29, 1.82) is 0 Å². The van der Waals surface area contributed by atoms with Crippen molar-refractivity contribution < 1.29 is 5.11 Å². The van der Waals surface area contributed by atoms with E-state index in [4.69, 9.17) is 0 Å². The quantitative estimate of drug-likeness (QED) is 0.511. The number of hydrogen-bond donors (Lipinski definition) is 1. The first-order chi connectivity index (χ1) is 7.97. The van der Waals surface area contributed by atoms with Crippen molar-refractivity contribution in [2.24, 2.45) is 0 Å². The molecule has 0 amide bonds. The van der Waals surface area contributed by atoms with E-state index in [0.717, 1.165) is 0 Å². The van der Waals surface area contributed by atoms with Gasteiger partial charge in [0.15, 0.2) is 0 Å². The standard InChI is InChI=1S/C14H20OSSi/c1-17(2,3)11-7-8-13(15)12-16-14-9-5-4-6-10-14/h4-6,9-10,13,15H,8,12H2,1-3H3. The van der Waals surface area contributed by atoms with Gasteiger partial charge < -0.3 is 5.11 Å². The molecule has 1 nitrogen and oxygen atoms in total. The summed E-state index contributed by atoms with van der Waals surface area (Å²) in [5, 5.41) is 9.80. The van der Waals surface area contributed by atoms with Crippen LogP contribution in [0.15, 0.2) is 35.2 Å². The van der Waals surface area contributed by atoms with Crippen molar-refractivity contribution in [3.8, 4) is 11.5 Å². The Hall–Kier alpha value is -0.693. The summed E-state index contributed by atoms with van der Waals surface area (Å²) in [6, 6.07) is 10.1. The van der Waals surface area contributed by atoms with Gasteiger partial charge in [-0.25, -0.2) is 0 Å². The molecular formula is C14H20OSSi. The van der Waals surface area contributed by atoms with Crippen molar-refractivity contribution in [3.05, 3.63) is 30.3 Å². The molecule has 1 aromatic carbocycles. The van der Waals surface area contributed by atoms with Crippen LogP contribution in [0.1, 0.15) is 6.42 Å². The molecule has 1 aromatic rings. The first-order valence-electron chi connectivity index (χ1n) is 5.83. The number of thioether (sulfide) groups is 1. The van der Waals surface area contributed by atoms with Crippen molar-refractivity contribution in [1.82, 2.24) is 0 Å². The third-order valence-electron chi connectivity index (χ3n) is 1.99. The summed E-state index contributed by atoms with van der Waals surface area (Å²) in [4.78, 5) is 1.20. The highest BCUT2D eigenvalue weighted by atomic mass is 32.2. The van der Waals surface area contributed by atoms with E-state index in [-0.39, 0.29) is 6.10 Å². The molecule has 1 N–H and O–H groups in total. The number of aliphatic hydroxyl groups excluding tert-OH is 1. The fourth-order valence-electron chi connectivity index (χ4n) is 1.20. The number of aliphatic hydroxyl groups is 1. The predicted molar refractivity (Wildman–Crippen MR) is 78.9 cm³/mol. The van der Waals surface area contributed by atoms with E-state index in [1.807, 2.05) is 18.2 Å². The van der Waals surface area contributed by atoms with Gasteiger partial charge in [-0.05, 0) is 12.1 Å². The maximum absolute atomic E-state index is 9.80. The van der Waals surface area contributed by atoms with Gasteiger partial charge in [0.25, 0.3) is 0 Å². The lowest BCUT2D eigenvalue weighted by molar-refractivity contribution is 0.205. The SMILES string of the molecule is C[Si](C)(C)C#CCC(O)CSc1ccccc1. The molecule has 1 atom stereocenters. The average Bonchev–Trinajstić information content (AvgIpc) is 2.26. The van der Waals surface area contributed by atoms with Gasteiger partial charge in [0, 0.05) is 17.1 Å². The van der Waals surface area contributed by atoms with Gasteiger partial charge in [0.1, 0.15) is 8.07 Å². The minimum absolute atomic E-state index is 0.330. The van der Waals surface area contributed by atoms with Gasteiger partial charge in [-0.1, -0.05) is 37.8 Å². The molecular weight excluding hydrogens is 244 g/mol.